The van der Waals surface area contributed by atoms with Gasteiger partial charge in [0, 0.05) is 5.56 Å². The number of phenols is 1. The lowest BCUT2D eigenvalue weighted by Crippen LogP contribution is -2.12. The van der Waals surface area contributed by atoms with Crippen molar-refractivity contribution in [1.29, 1.82) is 0 Å². The minimum absolute atomic E-state index is 0.0658. The van der Waals surface area contributed by atoms with Gasteiger partial charge in [0.1, 0.15) is 5.75 Å². The molecule has 1 amide bonds. The van der Waals surface area contributed by atoms with Gasteiger partial charge in [0.05, 0.1) is 5.56 Å². The van der Waals surface area contributed by atoms with Crippen molar-refractivity contribution in [2.24, 2.45) is 5.73 Å². The Labute approximate surface area is 116 Å². The second-order valence-electron chi connectivity index (χ2n) is 4.20. The molecule has 0 saturated carbocycles. The van der Waals surface area contributed by atoms with E-state index in [0.717, 1.165) is 5.56 Å². The van der Waals surface area contributed by atoms with Crippen molar-refractivity contribution in [1.82, 2.24) is 0 Å². The van der Waals surface area contributed by atoms with Crippen LogP contribution in [0.5, 0.6) is 5.75 Å². The van der Waals surface area contributed by atoms with Crippen LogP contribution in [-0.2, 0) is 0 Å². The first kappa shape index (κ1) is 13.5. The van der Waals surface area contributed by atoms with Crippen molar-refractivity contribution in [3.63, 3.8) is 0 Å². The fourth-order valence-corrected chi connectivity index (χ4v) is 1.72. The number of benzene rings is 2. The number of hydrogen-bond acceptors (Lipinski definition) is 3. The van der Waals surface area contributed by atoms with Crippen LogP contribution < -0.4 is 5.73 Å². The van der Waals surface area contributed by atoms with Gasteiger partial charge in [-0.2, -0.15) is 0 Å². The quantitative estimate of drug-likeness (QED) is 0.659. The summed E-state index contributed by atoms with van der Waals surface area (Å²) in [4.78, 5) is 23.1. The highest BCUT2D eigenvalue weighted by Crippen LogP contribution is 2.18. The molecule has 2 aromatic carbocycles. The van der Waals surface area contributed by atoms with E-state index in [9.17, 15) is 14.7 Å². The van der Waals surface area contributed by atoms with E-state index >= 15 is 0 Å². The van der Waals surface area contributed by atoms with E-state index in [-0.39, 0.29) is 17.1 Å². The number of carbonyl (C=O) groups excluding carboxylic acids is 2. The molecule has 0 spiro atoms. The molecule has 0 atom stereocenters. The van der Waals surface area contributed by atoms with Crippen molar-refractivity contribution >= 4 is 17.8 Å². The number of primary amides is 1. The molecule has 0 fully saturated rings. The maximum Gasteiger partial charge on any atom is 0.252 e. The van der Waals surface area contributed by atoms with E-state index in [4.69, 9.17) is 5.73 Å². The molecule has 100 valence electrons. The van der Waals surface area contributed by atoms with Gasteiger partial charge in [-0.05, 0) is 29.8 Å². The molecule has 0 bridgehead atoms. The van der Waals surface area contributed by atoms with Gasteiger partial charge in [-0.1, -0.05) is 36.4 Å². The fourth-order valence-electron chi connectivity index (χ4n) is 1.72. The van der Waals surface area contributed by atoms with Crippen molar-refractivity contribution in [3.8, 4) is 5.75 Å². The highest BCUT2D eigenvalue weighted by molar-refractivity contribution is 6.08. The first-order valence-electron chi connectivity index (χ1n) is 5.98. The minimum atomic E-state index is -0.774. The first-order chi connectivity index (χ1) is 9.58. The monoisotopic (exact) mass is 267 g/mol. The van der Waals surface area contributed by atoms with E-state index in [2.05, 4.69) is 0 Å². The van der Waals surface area contributed by atoms with Crippen LogP contribution in [0.25, 0.3) is 6.08 Å². The smallest absolute Gasteiger partial charge is 0.252 e. The number of ketones is 1. The Hall–Kier alpha value is -2.88. The van der Waals surface area contributed by atoms with Gasteiger partial charge in [0.15, 0.2) is 5.78 Å². The lowest BCUT2D eigenvalue weighted by molar-refractivity contribution is 0.0997. The molecule has 20 heavy (non-hydrogen) atoms. The molecule has 0 aromatic heterocycles. The van der Waals surface area contributed by atoms with Crippen LogP contribution in [0.4, 0.5) is 0 Å². The molecule has 0 aliphatic heterocycles. The molecule has 0 radical (unpaired) electrons. The maximum absolute atomic E-state index is 12.0. The summed E-state index contributed by atoms with van der Waals surface area (Å²) in [6.45, 7) is 0. The van der Waals surface area contributed by atoms with E-state index in [0.29, 0.717) is 5.56 Å². The molecule has 0 aliphatic rings. The van der Waals surface area contributed by atoms with E-state index < -0.39 is 5.91 Å². The Morgan fingerprint density at radius 2 is 1.75 bits per heavy atom. The Morgan fingerprint density at radius 1 is 1.05 bits per heavy atom. The number of hydrogen-bond donors (Lipinski definition) is 2. The SMILES string of the molecule is NC(=O)c1cc(C(=O)/C=C/c2ccccc2)ccc1O. The first-order valence-corrected chi connectivity index (χ1v) is 5.98. The normalized spacial score (nSPS) is 10.6. The average Bonchev–Trinajstić information content (AvgIpc) is 2.46. The summed E-state index contributed by atoms with van der Waals surface area (Å²) in [7, 11) is 0. The second-order valence-corrected chi connectivity index (χ2v) is 4.20. The van der Waals surface area contributed by atoms with Crippen LogP contribution in [0.3, 0.4) is 0 Å². The highest BCUT2D eigenvalue weighted by atomic mass is 16.3. The van der Waals surface area contributed by atoms with Gasteiger partial charge in [0.2, 0.25) is 0 Å². The predicted molar refractivity (Wildman–Crippen MR) is 76.4 cm³/mol. The molecule has 0 heterocycles. The lowest BCUT2D eigenvalue weighted by Gasteiger charge is -2.02. The summed E-state index contributed by atoms with van der Waals surface area (Å²) in [5, 5.41) is 9.46. The van der Waals surface area contributed by atoms with E-state index in [1.165, 1.54) is 24.3 Å². The number of aromatic hydroxyl groups is 1. The van der Waals surface area contributed by atoms with Gasteiger partial charge in [0.25, 0.3) is 5.91 Å². The van der Waals surface area contributed by atoms with Crippen LogP contribution >= 0.6 is 0 Å². The number of allylic oxidation sites excluding steroid dienone is 1. The number of amides is 1. The summed E-state index contributed by atoms with van der Waals surface area (Å²) in [6, 6.07) is 13.4. The predicted octanol–water partition coefficient (Wildman–Crippen LogP) is 2.39. The summed E-state index contributed by atoms with van der Waals surface area (Å²) in [5.41, 5.74) is 6.25. The molecule has 4 heteroatoms. The van der Waals surface area contributed by atoms with Gasteiger partial charge < -0.3 is 10.8 Å². The highest BCUT2D eigenvalue weighted by Gasteiger charge is 2.11. The van der Waals surface area contributed by atoms with Gasteiger partial charge in [-0.25, -0.2) is 0 Å². The van der Waals surface area contributed by atoms with Gasteiger partial charge in [-0.3, -0.25) is 9.59 Å². The van der Waals surface area contributed by atoms with Crippen LogP contribution in [0, 0.1) is 0 Å². The molecule has 4 nitrogen and oxygen atoms in total. The van der Waals surface area contributed by atoms with Crippen LogP contribution in [-0.4, -0.2) is 16.8 Å². The molecule has 3 N–H and O–H groups in total. The molecule has 2 rings (SSSR count). The van der Waals surface area contributed by atoms with E-state index in [1.54, 1.807) is 6.08 Å². The van der Waals surface area contributed by atoms with Crippen molar-refractivity contribution in [3.05, 3.63) is 71.3 Å². The molecule has 0 saturated heterocycles. The second kappa shape index (κ2) is 5.84. The summed E-state index contributed by atoms with van der Waals surface area (Å²) in [6.07, 6.45) is 3.09. The van der Waals surface area contributed by atoms with Crippen molar-refractivity contribution in [2.75, 3.05) is 0 Å². The van der Waals surface area contributed by atoms with Gasteiger partial charge >= 0.3 is 0 Å². The Morgan fingerprint density at radius 3 is 2.40 bits per heavy atom. The van der Waals surface area contributed by atoms with Crippen LogP contribution in [0.15, 0.2) is 54.6 Å². The topological polar surface area (TPSA) is 80.4 Å². The Balaban J connectivity index is 2.24. The average molecular weight is 267 g/mol. The van der Waals surface area contributed by atoms with E-state index in [1.807, 2.05) is 30.3 Å². The largest absolute Gasteiger partial charge is 0.507 e. The zero-order valence-corrected chi connectivity index (χ0v) is 10.6. The summed E-state index contributed by atoms with van der Waals surface area (Å²) < 4.78 is 0. The summed E-state index contributed by atoms with van der Waals surface area (Å²) in [5.74, 6) is -1.28. The van der Waals surface area contributed by atoms with Crippen LogP contribution in [0.2, 0.25) is 0 Å². The zero-order valence-electron chi connectivity index (χ0n) is 10.6. The number of carbonyl (C=O) groups is 2. The third-order valence-corrected chi connectivity index (χ3v) is 2.77. The molecule has 2 aromatic rings. The standard InChI is InChI=1S/C16H13NO3/c17-16(20)13-10-12(7-9-15(13)19)14(18)8-6-11-4-2-1-3-5-11/h1-10,19H,(H2,17,20)/b8-6+. The number of nitrogens with two attached hydrogens (primary N) is 1. The number of rotatable bonds is 4. The van der Waals surface area contributed by atoms with Crippen molar-refractivity contribution < 1.29 is 14.7 Å². The Bertz CT molecular complexity index is 675. The molecule has 0 unspecified atom stereocenters. The maximum atomic E-state index is 12.0. The van der Waals surface area contributed by atoms with Crippen molar-refractivity contribution in [2.45, 2.75) is 0 Å². The third-order valence-electron chi connectivity index (χ3n) is 2.77. The lowest BCUT2D eigenvalue weighted by atomic mass is 10.0. The minimum Gasteiger partial charge on any atom is -0.507 e. The van der Waals surface area contributed by atoms with Gasteiger partial charge in [-0.15, -0.1) is 0 Å². The fraction of sp³-hybridized carbons (Fsp3) is 0. The molecular weight excluding hydrogens is 254 g/mol. The zero-order chi connectivity index (χ0) is 14.5. The van der Waals surface area contributed by atoms with Crippen LogP contribution in [0.1, 0.15) is 26.3 Å². The molecule has 0 aliphatic carbocycles. The Kier molecular flexibility index (Phi) is 3.96. The summed E-state index contributed by atoms with van der Waals surface area (Å²) >= 11 is 0. The third kappa shape index (κ3) is 3.11. The molecular formula is C16H13NO3.